The summed E-state index contributed by atoms with van der Waals surface area (Å²) in [5.74, 6) is -0.0794. The van der Waals surface area contributed by atoms with Crippen molar-refractivity contribution in [3.63, 3.8) is 0 Å². The molecule has 1 aromatic rings. The van der Waals surface area contributed by atoms with Gasteiger partial charge in [-0.1, -0.05) is 24.1 Å². The van der Waals surface area contributed by atoms with Crippen molar-refractivity contribution in [3.8, 4) is 0 Å². The number of amides is 1. The normalized spacial score (nSPS) is 19.5. The summed E-state index contributed by atoms with van der Waals surface area (Å²) in [4.78, 5) is 14.3. The number of aliphatic hydroxyl groups excluding tert-OH is 1. The number of halogens is 1. The molecule has 4 nitrogen and oxygen atoms in total. The highest BCUT2D eigenvalue weighted by Crippen LogP contribution is 2.27. The molecular weight excluding hydrogens is 288 g/mol. The van der Waals surface area contributed by atoms with E-state index in [4.69, 9.17) is 11.6 Å². The topological polar surface area (TPSA) is 52.6 Å². The maximum atomic E-state index is 12.2. The first-order valence-corrected chi connectivity index (χ1v) is 7.80. The molecule has 2 N–H and O–H groups in total. The van der Waals surface area contributed by atoms with Gasteiger partial charge < -0.3 is 10.4 Å². The second kappa shape index (κ2) is 7.25. The third kappa shape index (κ3) is 4.19. The van der Waals surface area contributed by atoms with Crippen molar-refractivity contribution in [2.75, 3.05) is 25.0 Å². The van der Waals surface area contributed by atoms with Gasteiger partial charge in [0.25, 0.3) is 0 Å². The van der Waals surface area contributed by atoms with Crippen molar-refractivity contribution in [2.45, 2.75) is 39.2 Å². The lowest BCUT2D eigenvalue weighted by Gasteiger charge is -2.33. The van der Waals surface area contributed by atoms with E-state index >= 15 is 0 Å². The number of nitrogens with one attached hydrogen (secondary N) is 1. The number of carbonyl (C=O) groups is 1. The molecule has 5 heteroatoms. The summed E-state index contributed by atoms with van der Waals surface area (Å²) in [6, 6.07) is 3.94. The number of rotatable bonds is 4. The van der Waals surface area contributed by atoms with Gasteiger partial charge in [-0.25, -0.2) is 0 Å². The van der Waals surface area contributed by atoms with E-state index < -0.39 is 0 Å². The number of aliphatic hydroxyl groups is 1. The summed E-state index contributed by atoms with van der Waals surface area (Å²) in [5, 5.41) is 12.9. The number of piperidine rings is 1. The van der Waals surface area contributed by atoms with Crippen LogP contribution in [0.25, 0.3) is 0 Å². The monoisotopic (exact) mass is 310 g/mol. The molecule has 1 amide bonds. The Bertz CT molecular complexity index is 496. The van der Waals surface area contributed by atoms with Crippen LogP contribution in [0.5, 0.6) is 0 Å². The maximum Gasteiger partial charge on any atom is 0.238 e. The molecule has 2 rings (SSSR count). The van der Waals surface area contributed by atoms with Crippen LogP contribution in [-0.4, -0.2) is 41.7 Å². The van der Waals surface area contributed by atoms with Crippen LogP contribution in [0.15, 0.2) is 12.1 Å². The van der Waals surface area contributed by atoms with E-state index in [1.807, 2.05) is 26.0 Å². The number of carbonyl (C=O) groups excluding carboxylic acids is 1. The molecule has 1 aromatic carbocycles. The number of hydrogen-bond donors (Lipinski definition) is 2. The molecule has 0 spiro atoms. The van der Waals surface area contributed by atoms with Crippen LogP contribution >= 0.6 is 11.6 Å². The molecule has 1 aliphatic rings. The zero-order valence-electron chi connectivity index (χ0n) is 12.7. The Kier molecular flexibility index (Phi) is 5.62. The van der Waals surface area contributed by atoms with E-state index in [1.54, 1.807) is 0 Å². The second-order valence-corrected chi connectivity index (χ2v) is 6.20. The number of anilines is 1. The number of likely N-dealkylation sites (tertiary alicyclic amines) is 1. The molecule has 0 bridgehead atoms. The lowest BCUT2D eigenvalue weighted by Crippen LogP contribution is -2.45. The first-order valence-electron chi connectivity index (χ1n) is 7.42. The Balaban J connectivity index is 2.01. The molecule has 21 heavy (non-hydrogen) atoms. The molecule has 0 aromatic heterocycles. The minimum absolute atomic E-state index is 0.0794. The predicted molar refractivity (Wildman–Crippen MR) is 85.9 cm³/mol. The third-order valence-corrected chi connectivity index (χ3v) is 4.30. The van der Waals surface area contributed by atoms with Gasteiger partial charge in [0.1, 0.15) is 0 Å². The molecule has 1 fully saturated rings. The fourth-order valence-corrected chi connectivity index (χ4v) is 3.28. The SMILES string of the molecule is Cc1cc(C)c(NC(=O)CN2CCCCC2CO)c(Cl)c1. The zero-order chi connectivity index (χ0) is 15.4. The summed E-state index contributed by atoms with van der Waals surface area (Å²) in [7, 11) is 0. The molecule has 1 unspecified atom stereocenters. The maximum absolute atomic E-state index is 12.2. The molecule has 116 valence electrons. The van der Waals surface area contributed by atoms with Crippen molar-refractivity contribution >= 4 is 23.2 Å². The molecule has 1 aliphatic heterocycles. The Morgan fingerprint density at radius 2 is 2.19 bits per heavy atom. The smallest absolute Gasteiger partial charge is 0.238 e. The highest BCUT2D eigenvalue weighted by molar-refractivity contribution is 6.34. The Labute approximate surface area is 131 Å². The third-order valence-electron chi connectivity index (χ3n) is 4.00. The van der Waals surface area contributed by atoms with Gasteiger partial charge in [-0.15, -0.1) is 0 Å². The highest BCUT2D eigenvalue weighted by atomic mass is 35.5. The van der Waals surface area contributed by atoms with Gasteiger partial charge in [-0.3, -0.25) is 9.69 Å². The van der Waals surface area contributed by atoms with E-state index in [0.29, 0.717) is 17.3 Å². The van der Waals surface area contributed by atoms with Crippen molar-refractivity contribution in [3.05, 3.63) is 28.3 Å². The van der Waals surface area contributed by atoms with E-state index in [0.717, 1.165) is 36.9 Å². The van der Waals surface area contributed by atoms with Gasteiger partial charge in [-0.2, -0.15) is 0 Å². The highest BCUT2D eigenvalue weighted by Gasteiger charge is 2.23. The van der Waals surface area contributed by atoms with Crippen molar-refractivity contribution in [1.29, 1.82) is 0 Å². The second-order valence-electron chi connectivity index (χ2n) is 5.79. The van der Waals surface area contributed by atoms with Crippen LogP contribution in [0.4, 0.5) is 5.69 Å². The minimum Gasteiger partial charge on any atom is -0.395 e. The Morgan fingerprint density at radius 1 is 1.43 bits per heavy atom. The molecule has 0 aliphatic carbocycles. The summed E-state index contributed by atoms with van der Waals surface area (Å²) < 4.78 is 0. The van der Waals surface area contributed by atoms with Gasteiger partial charge in [0.05, 0.1) is 23.9 Å². The summed E-state index contributed by atoms with van der Waals surface area (Å²) in [5.41, 5.74) is 2.72. The molecule has 1 atom stereocenters. The standard InChI is InChI=1S/C16H23ClN2O2/c1-11-7-12(2)16(14(17)8-11)18-15(21)9-19-6-4-3-5-13(19)10-20/h7-8,13,20H,3-6,9-10H2,1-2H3,(H,18,21). The van der Waals surface area contributed by atoms with Crippen LogP contribution in [0.3, 0.4) is 0 Å². The Morgan fingerprint density at radius 3 is 2.86 bits per heavy atom. The number of benzene rings is 1. The molecule has 1 saturated heterocycles. The van der Waals surface area contributed by atoms with Gasteiger partial charge >= 0.3 is 0 Å². The van der Waals surface area contributed by atoms with E-state index in [9.17, 15) is 9.90 Å². The largest absolute Gasteiger partial charge is 0.395 e. The fraction of sp³-hybridized carbons (Fsp3) is 0.562. The molecule has 0 saturated carbocycles. The van der Waals surface area contributed by atoms with Crippen LogP contribution in [-0.2, 0) is 4.79 Å². The summed E-state index contributed by atoms with van der Waals surface area (Å²) >= 11 is 6.21. The van der Waals surface area contributed by atoms with E-state index in [1.165, 1.54) is 0 Å². The first kappa shape index (κ1) is 16.3. The van der Waals surface area contributed by atoms with Gasteiger partial charge in [-0.05, 0) is 50.4 Å². The fourth-order valence-electron chi connectivity index (χ4n) is 2.91. The van der Waals surface area contributed by atoms with Crippen molar-refractivity contribution < 1.29 is 9.90 Å². The van der Waals surface area contributed by atoms with Crippen LogP contribution in [0, 0.1) is 13.8 Å². The van der Waals surface area contributed by atoms with Gasteiger partial charge in [0.15, 0.2) is 0 Å². The van der Waals surface area contributed by atoms with Gasteiger partial charge in [0.2, 0.25) is 5.91 Å². The zero-order valence-corrected chi connectivity index (χ0v) is 13.4. The van der Waals surface area contributed by atoms with Gasteiger partial charge in [0, 0.05) is 6.04 Å². The van der Waals surface area contributed by atoms with E-state index in [-0.39, 0.29) is 18.6 Å². The lowest BCUT2D eigenvalue weighted by molar-refractivity contribution is -0.118. The minimum atomic E-state index is -0.0794. The average Bonchev–Trinajstić information content (AvgIpc) is 2.43. The molecule has 1 heterocycles. The molecular formula is C16H23ClN2O2. The lowest BCUT2D eigenvalue weighted by atomic mass is 10.0. The average molecular weight is 311 g/mol. The number of nitrogens with zero attached hydrogens (tertiary/aromatic N) is 1. The van der Waals surface area contributed by atoms with Crippen LogP contribution in [0.1, 0.15) is 30.4 Å². The Hall–Kier alpha value is -1.10. The van der Waals surface area contributed by atoms with Crippen LogP contribution in [0.2, 0.25) is 5.02 Å². The van der Waals surface area contributed by atoms with Crippen LogP contribution < -0.4 is 5.32 Å². The van der Waals surface area contributed by atoms with Crippen molar-refractivity contribution in [2.24, 2.45) is 0 Å². The number of hydrogen-bond acceptors (Lipinski definition) is 3. The first-order chi connectivity index (χ1) is 10.0. The predicted octanol–water partition coefficient (Wildman–Crippen LogP) is 2.74. The quantitative estimate of drug-likeness (QED) is 0.899. The summed E-state index contributed by atoms with van der Waals surface area (Å²) in [6.45, 7) is 5.18. The number of aryl methyl sites for hydroxylation is 2. The van der Waals surface area contributed by atoms with E-state index in [2.05, 4.69) is 10.2 Å². The molecule has 0 radical (unpaired) electrons. The van der Waals surface area contributed by atoms with Crippen molar-refractivity contribution in [1.82, 2.24) is 4.90 Å². The summed E-state index contributed by atoms with van der Waals surface area (Å²) in [6.07, 6.45) is 3.15.